The number of H-pyrrole nitrogens is 1. The zero-order valence-corrected chi connectivity index (χ0v) is 15.7. The molecule has 138 valence electrons. The number of rotatable bonds is 4. The van der Waals surface area contributed by atoms with E-state index >= 15 is 0 Å². The van der Waals surface area contributed by atoms with E-state index in [0.717, 1.165) is 28.3 Å². The SMILES string of the molecule is C(=Nc1ccc(N=Nc2ccccc2)cc1)c1c2ccc[nH]c-2c2ccccc12. The van der Waals surface area contributed by atoms with Crippen molar-refractivity contribution >= 4 is 34.0 Å². The van der Waals surface area contributed by atoms with Crippen LogP contribution in [0.3, 0.4) is 0 Å². The molecule has 4 nitrogen and oxygen atoms in total. The molecule has 0 saturated carbocycles. The topological polar surface area (TPSA) is 52.9 Å². The summed E-state index contributed by atoms with van der Waals surface area (Å²) in [5.74, 6) is 0. The van der Waals surface area contributed by atoms with Gasteiger partial charge in [0.2, 0.25) is 0 Å². The lowest BCUT2D eigenvalue weighted by atomic mass is 10.1. The first kappa shape index (κ1) is 17.1. The normalized spacial score (nSPS) is 11.9. The lowest BCUT2D eigenvalue weighted by Gasteiger charge is -2.00. The minimum Gasteiger partial charge on any atom is -0.361 e. The predicted octanol–water partition coefficient (Wildman–Crippen LogP) is 7.44. The summed E-state index contributed by atoms with van der Waals surface area (Å²) in [6.07, 6.45) is 3.90. The largest absolute Gasteiger partial charge is 0.361 e. The van der Waals surface area contributed by atoms with E-state index < -0.39 is 0 Å². The molecule has 0 amide bonds. The van der Waals surface area contributed by atoms with Gasteiger partial charge < -0.3 is 4.98 Å². The molecule has 4 heteroatoms. The maximum Gasteiger partial charge on any atom is 0.0858 e. The van der Waals surface area contributed by atoms with Gasteiger partial charge in [-0.25, -0.2) is 0 Å². The maximum atomic E-state index is 4.70. The average Bonchev–Trinajstić information content (AvgIpc) is 3.11. The zero-order chi connectivity index (χ0) is 19.5. The molecule has 0 bridgehead atoms. The summed E-state index contributed by atoms with van der Waals surface area (Å²) in [6.45, 7) is 0. The van der Waals surface area contributed by atoms with Gasteiger partial charge in [-0.05, 0) is 47.9 Å². The highest BCUT2D eigenvalue weighted by Gasteiger charge is 2.15. The highest BCUT2D eigenvalue weighted by molar-refractivity contribution is 6.14. The lowest BCUT2D eigenvalue weighted by molar-refractivity contribution is 1.23. The Morgan fingerprint density at radius 2 is 1.24 bits per heavy atom. The van der Waals surface area contributed by atoms with E-state index in [9.17, 15) is 0 Å². The van der Waals surface area contributed by atoms with Crippen LogP contribution in [0.2, 0.25) is 0 Å². The molecular weight excluding hydrogens is 356 g/mol. The molecule has 5 rings (SSSR count). The molecule has 3 aromatic carbocycles. The van der Waals surface area contributed by atoms with Crippen molar-refractivity contribution in [2.45, 2.75) is 0 Å². The Hall–Kier alpha value is -4.05. The molecule has 0 saturated heterocycles. The Kier molecular flexibility index (Phi) is 4.43. The molecule has 3 aromatic rings. The third-order valence-electron chi connectivity index (χ3n) is 4.86. The highest BCUT2D eigenvalue weighted by atomic mass is 15.1. The van der Waals surface area contributed by atoms with Crippen LogP contribution < -0.4 is 0 Å². The Balaban J connectivity index is 1.43. The highest BCUT2D eigenvalue weighted by Crippen LogP contribution is 2.36. The number of hydrogen-bond acceptors (Lipinski definition) is 3. The number of fused-ring (bicyclic) bond motifs is 3. The third kappa shape index (κ3) is 3.44. The van der Waals surface area contributed by atoms with Crippen LogP contribution in [-0.4, -0.2) is 11.2 Å². The Labute approximate surface area is 168 Å². The Bertz CT molecular complexity index is 1280. The number of nitrogens with one attached hydrogen (secondary N) is 1. The van der Waals surface area contributed by atoms with Crippen LogP contribution in [-0.2, 0) is 0 Å². The molecule has 0 unspecified atom stereocenters. The second-order valence-corrected chi connectivity index (χ2v) is 6.73. The van der Waals surface area contributed by atoms with Crippen molar-refractivity contribution in [1.82, 2.24) is 4.98 Å². The number of azo groups is 1. The molecule has 0 fully saturated rings. The van der Waals surface area contributed by atoms with Gasteiger partial charge in [0.15, 0.2) is 0 Å². The number of aromatic nitrogens is 1. The molecule has 0 spiro atoms. The van der Waals surface area contributed by atoms with Crippen LogP contribution in [0.5, 0.6) is 0 Å². The summed E-state index contributed by atoms with van der Waals surface area (Å²) >= 11 is 0. The number of aliphatic imine (C=N–C) groups is 1. The quantitative estimate of drug-likeness (QED) is 0.251. The smallest absolute Gasteiger partial charge is 0.0858 e. The lowest BCUT2D eigenvalue weighted by Crippen LogP contribution is -1.84. The summed E-state index contributed by atoms with van der Waals surface area (Å²) in [4.78, 5) is 8.06. The van der Waals surface area contributed by atoms with Gasteiger partial charge >= 0.3 is 0 Å². The molecule has 0 atom stereocenters. The van der Waals surface area contributed by atoms with Gasteiger partial charge in [-0.1, -0.05) is 48.5 Å². The van der Waals surface area contributed by atoms with E-state index in [4.69, 9.17) is 4.99 Å². The fourth-order valence-corrected chi connectivity index (χ4v) is 3.46. The van der Waals surface area contributed by atoms with E-state index in [1.54, 1.807) is 0 Å². The van der Waals surface area contributed by atoms with Crippen LogP contribution in [0.4, 0.5) is 17.1 Å². The van der Waals surface area contributed by atoms with Crippen molar-refractivity contribution in [3.63, 3.8) is 0 Å². The molecule has 1 aliphatic carbocycles. The van der Waals surface area contributed by atoms with Crippen molar-refractivity contribution in [1.29, 1.82) is 0 Å². The third-order valence-corrected chi connectivity index (χ3v) is 4.86. The van der Waals surface area contributed by atoms with Gasteiger partial charge in [-0.3, -0.25) is 4.99 Å². The maximum absolute atomic E-state index is 4.70. The number of pyridine rings is 1. The number of hydrogen-bond donors (Lipinski definition) is 1. The summed E-state index contributed by atoms with van der Waals surface area (Å²) in [5, 5.41) is 10.9. The van der Waals surface area contributed by atoms with Crippen molar-refractivity contribution in [3.8, 4) is 11.3 Å². The Morgan fingerprint density at radius 3 is 2.03 bits per heavy atom. The van der Waals surface area contributed by atoms with E-state index in [0.29, 0.717) is 0 Å². The number of benzene rings is 3. The van der Waals surface area contributed by atoms with Crippen LogP contribution in [0.25, 0.3) is 22.0 Å². The van der Waals surface area contributed by atoms with E-state index in [1.165, 1.54) is 16.3 Å². The predicted molar refractivity (Wildman–Crippen MR) is 119 cm³/mol. The summed E-state index contributed by atoms with van der Waals surface area (Å²) in [7, 11) is 0. The van der Waals surface area contributed by atoms with E-state index in [2.05, 4.69) is 45.5 Å². The minimum absolute atomic E-state index is 0.798. The van der Waals surface area contributed by atoms with E-state index in [1.807, 2.05) is 73.1 Å². The van der Waals surface area contributed by atoms with Gasteiger partial charge in [-0.2, -0.15) is 10.2 Å². The molecule has 29 heavy (non-hydrogen) atoms. The first-order valence-corrected chi connectivity index (χ1v) is 9.47. The fraction of sp³-hybridized carbons (Fsp3) is 0. The molecule has 1 aliphatic heterocycles. The van der Waals surface area contributed by atoms with Crippen LogP contribution in [0, 0.1) is 0 Å². The van der Waals surface area contributed by atoms with Crippen LogP contribution >= 0.6 is 0 Å². The monoisotopic (exact) mass is 374 g/mol. The standard InChI is InChI=1S/C25H18N4/c1-2-7-19(8-3-1)28-29-20-14-12-18(13-15-20)27-17-24-21-9-4-5-10-22(21)25-23(24)11-6-16-26-25/h1-17,26H. The first-order valence-electron chi connectivity index (χ1n) is 9.47. The molecule has 1 N–H and O–H groups in total. The summed E-state index contributed by atoms with van der Waals surface area (Å²) in [5.41, 5.74) is 5.95. The zero-order valence-electron chi connectivity index (χ0n) is 15.7. The molecule has 2 aliphatic rings. The van der Waals surface area contributed by atoms with Gasteiger partial charge in [0.1, 0.15) is 0 Å². The van der Waals surface area contributed by atoms with Gasteiger partial charge in [0.05, 0.1) is 22.8 Å². The molecule has 1 heterocycles. The Morgan fingerprint density at radius 1 is 0.586 bits per heavy atom. The molecular formula is C25H18N4. The van der Waals surface area contributed by atoms with E-state index in [-0.39, 0.29) is 0 Å². The van der Waals surface area contributed by atoms with Crippen molar-refractivity contribution in [2.75, 3.05) is 0 Å². The minimum atomic E-state index is 0.798. The number of aromatic amines is 1. The van der Waals surface area contributed by atoms with Crippen molar-refractivity contribution in [2.24, 2.45) is 15.2 Å². The van der Waals surface area contributed by atoms with Crippen molar-refractivity contribution in [3.05, 3.63) is 103 Å². The summed E-state index contributed by atoms with van der Waals surface area (Å²) < 4.78 is 0. The first-order chi connectivity index (χ1) is 14.4. The molecule has 0 aromatic heterocycles. The van der Waals surface area contributed by atoms with Gasteiger partial charge in [-0.15, -0.1) is 0 Å². The average molecular weight is 374 g/mol. The van der Waals surface area contributed by atoms with Crippen molar-refractivity contribution < 1.29 is 0 Å². The van der Waals surface area contributed by atoms with Crippen LogP contribution in [0.15, 0.2) is 112 Å². The second-order valence-electron chi connectivity index (χ2n) is 6.73. The second kappa shape index (κ2) is 7.52. The number of nitrogens with zero attached hydrogens (tertiary/aromatic N) is 3. The fourth-order valence-electron chi connectivity index (χ4n) is 3.46. The van der Waals surface area contributed by atoms with Gasteiger partial charge in [0, 0.05) is 28.9 Å². The molecule has 0 radical (unpaired) electrons. The van der Waals surface area contributed by atoms with Gasteiger partial charge in [0.25, 0.3) is 0 Å². The van der Waals surface area contributed by atoms with Crippen LogP contribution in [0.1, 0.15) is 5.56 Å². The summed E-state index contributed by atoms with van der Waals surface area (Å²) in [6, 6.07) is 30.0.